The third kappa shape index (κ3) is 2.07. The zero-order valence-corrected chi connectivity index (χ0v) is 10.0. The Morgan fingerprint density at radius 3 is 2.53 bits per heavy atom. The molecule has 0 nitrogen and oxygen atoms in total. The van der Waals surface area contributed by atoms with Crippen molar-refractivity contribution in [2.45, 2.75) is 18.8 Å². The van der Waals surface area contributed by atoms with E-state index in [1.165, 1.54) is 24.5 Å². The van der Waals surface area contributed by atoms with Gasteiger partial charge in [0.2, 0.25) is 0 Å². The van der Waals surface area contributed by atoms with Gasteiger partial charge in [-0.2, -0.15) is 0 Å². The Balaban J connectivity index is 2.18. The Bertz CT molecular complexity index is 559. The molecule has 0 saturated heterocycles. The maximum absolute atomic E-state index is 13.3. The third-order valence-electron chi connectivity index (χ3n) is 3.18. The summed E-state index contributed by atoms with van der Waals surface area (Å²) in [5, 5.41) is 0.708. The minimum atomic E-state index is -0.218. The molecule has 2 aromatic rings. The lowest BCUT2D eigenvalue weighted by Crippen LogP contribution is -1.89. The summed E-state index contributed by atoms with van der Waals surface area (Å²) in [5.41, 5.74) is 3.12. The molecule has 0 atom stereocenters. The summed E-state index contributed by atoms with van der Waals surface area (Å²) in [4.78, 5) is 0. The smallest absolute Gasteiger partial charge is 0.123 e. The molecule has 0 heterocycles. The summed E-state index contributed by atoms with van der Waals surface area (Å²) in [6.07, 6.45) is 2.42. The molecule has 0 N–H and O–H groups in total. The van der Waals surface area contributed by atoms with Crippen LogP contribution in [0.5, 0.6) is 0 Å². The van der Waals surface area contributed by atoms with E-state index in [-0.39, 0.29) is 5.82 Å². The largest absolute Gasteiger partial charge is 0.207 e. The summed E-state index contributed by atoms with van der Waals surface area (Å²) < 4.78 is 13.3. The normalized spacial score (nSPS) is 14.9. The van der Waals surface area contributed by atoms with Gasteiger partial charge in [0.15, 0.2) is 0 Å². The van der Waals surface area contributed by atoms with Crippen molar-refractivity contribution in [3.8, 4) is 11.1 Å². The van der Waals surface area contributed by atoms with Crippen LogP contribution in [0.15, 0.2) is 42.5 Å². The van der Waals surface area contributed by atoms with E-state index in [1.54, 1.807) is 12.1 Å². The molecule has 0 spiro atoms. The molecule has 0 radical (unpaired) electrons. The van der Waals surface area contributed by atoms with E-state index in [1.807, 2.05) is 18.2 Å². The molecule has 1 aliphatic rings. The Hall–Kier alpha value is -1.34. The molecule has 2 heteroatoms. The fourth-order valence-corrected chi connectivity index (χ4v) is 2.51. The van der Waals surface area contributed by atoms with Crippen molar-refractivity contribution in [1.29, 1.82) is 0 Å². The Labute approximate surface area is 105 Å². The Morgan fingerprint density at radius 2 is 1.82 bits per heavy atom. The standard InChI is InChI=1S/C15H12ClF/c16-14-6-2-5-13(10-7-8-10)15(14)11-3-1-4-12(17)9-11/h1-6,9-10H,7-8H2. The van der Waals surface area contributed by atoms with E-state index < -0.39 is 0 Å². The molecule has 2 aromatic carbocycles. The van der Waals surface area contributed by atoms with Crippen molar-refractivity contribution < 1.29 is 4.39 Å². The predicted molar refractivity (Wildman–Crippen MR) is 68.8 cm³/mol. The van der Waals surface area contributed by atoms with Gasteiger partial charge in [0.25, 0.3) is 0 Å². The van der Waals surface area contributed by atoms with E-state index >= 15 is 0 Å². The van der Waals surface area contributed by atoms with Crippen LogP contribution in [0.3, 0.4) is 0 Å². The fraction of sp³-hybridized carbons (Fsp3) is 0.200. The van der Waals surface area contributed by atoms with Gasteiger partial charge in [-0.3, -0.25) is 0 Å². The highest BCUT2D eigenvalue weighted by Crippen LogP contribution is 2.46. The Kier molecular flexibility index (Phi) is 2.64. The minimum absolute atomic E-state index is 0.218. The number of benzene rings is 2. The molecular weight excluding hydrogens is 235 g/mol. The quantitative estimate of drug-likeness (QED) is 0.698. The molecule has 3 rings (SSSR count). The zero-order valence-electron chi connectivity index (χ0n) is 9.29. The van der Waals surface area contributed by atoms with Gasteiger partial charge in [-0.05, 0) is 48.1 Å². The van der Waals surface area contributed by atoms with Crippen molar-refractivity contribution >= 4 is 11.6 Å². The maximum atomic E-state index is 13.3. The topological polar surface area (TPSA) is 0 Å². The molecule has 1 fully saturated rings. The lowest BCUT2D eigenvalue weighted by Gasteiger charge is -2.11. The Morgan fingerprint density at radius 1 is 1.06 bits per heavy atom. The number of hydrogen-bond acceptors (Lipinski definition) is 0. The molecule has 0 amide bonds. The number of halogens is 2. The van der Waals surface area contributed by atoms with Crippen molar-refractivity contribution in [2.75, 3.05) is 0 Å². The van der Waals surface area contributed by atoms with Crippen LogP contribution in [0.1, 0.15) is 24.3 Å². The predicted octanol–water partition coefficient (Wildman–Crippen LogP) is 5.02. The van der Waals surface area contributed by atoms with E-state index in [0.29, 0.717) is 10.9 Å². The van der Waals surface area contributed by atoms with Crippen LogP contribution < -0.4 is 0 Å². The number of hydrogen-bond donors (Lipinski definition) is 0. The lowest BCUT2D eigenvalue weighted by atomic mass is 9.96. The summed E-state index contributed by atoms with van der Waals surface area (Å²) >= 11 is 6.27. The first-order chi connectivity index (χ1) is 8.25. The van der Waals surface area contributed by atoms with Crippen LogP contribution in [0.4, 0.5) is 4.39 Å². The average molecular weight is 247 g/mol. The van der Waals surface area contributed by atoms with Crippen molar-refractivity contribution in [2.24, 2.45) is 0 Å². The fourth-order valence-electron chi connectivity index (χ4n) is 2.22. The molecular formula is C15H12ClF. The molecule has 17 heavy (non-hydrogen) atoms. The first-order valence-electron chi connectivity index (χ1n) is 5.80. The minimum Gasteiger partial charge on any atom is -0.207 e. The second-order valence-corrected chi connectivity index (χ2v) is 4.90. The highest BCUT2D eigenvalue weighted by molar-refractivity contribution is 6.33. The molecule has 0 aliphatic heterocycles. The first kappa shape index (κ1) is 10.8. The van der Waals surface area contributed by atoms with Gasteiger partial charge in [0.1, 0.15) is 5.82 Å². The summed E-state index contributed by atoms with van der Waals surface area (Å²) in [5.74, 6) is 0.385. The monoisotopic (exact) mass is 246 g/mol. The van der Waals surface area contributed by atoms with Crippen LogP contribution in [0.2, 0.25) is 5.02 Å². The highest BCUT2D eigenvalue weighted by atomic mass is 35.5. The van der Waals surface area contributed by atoms with E-state index in [9.17, 15) is 4.39 Å². The van der Waals surface area contributed by atoms with Crippen molar-refractivity contribution in [1.82, 2.24) is 0 Å². The zero-order chi connectivity index (χ0) is 11.8. The molecule has 86 valence electrons. The van der Waals surface area contributed by atoms with Crippen LogP contribution in [-0.4, -0.2) is 0 Å². The van der Waals surface area contributed by atoms with Crippen LogP contribution in [0.25, 0.3) is 11.1 Å². The number of rotatable bonds is 2. The maximum Gasteiger partial charge on any atom is 0.123 e. The molecule has 0 bridgehead atoms. The summed E-state index contributed by atoms with van der Waals surface area (Å²) in [6, 6.07) is 12.6. The van der Waals surface area contributed by atoms with Gasteiger partial charge in [-0.25, -0.2) is 4.39 Å². The first-order valence-corrected chi connectivity index (χ1v) is 6.18. The lowest BCUT2D eigenvalue weighted by molar-refractivity contribution is 0.628. The van der Waals surface area contributed by atoms with Gasteiger partial charge in [0, 0.05) is 10.6 Å². The third-order valence-corrected chi connectivity index (χ3v) is 3.49. The summed E-state index contributed by atoms with van der Waals surface area (Å²) in [7, 11) is 0. The second kappa shape index (κ2) is 4.15. The van der Waals surface area contributed by atoms with Gasteiger partial charge in [-0.1, -0.05) is 35.9 Å². The van der Waals surface area contributed by atoms with E-state index in [4.69, 9.17) is 11.6 Å². The molecule has 0 aromatic heterocycles. The van der Waals surface area contributed by atoms with E-state index in [0.717, 1.165) is 11.1 Å². The van der Waals surface area contributed by atoms with Gasteiger partial charge < -0.3 is 0 Å². The SMILES string of the molecule is Fc1cccc(-c2c(Cl)cccc2C2CC2)c1. The van der Waals surface area contributed by atoms with E-state index in [2.05, 4.69) is 6.07 Å². The average Bonchev–Trinajstić information content (AvgIpc) is 3.12. The molecule has 0 unspecified atom stereocenters. The van der Waals surface area contributed by atoms with Crippen LogP contribution in [-0.2, 0) is 0 Å². The van der Waals surface area contributed by atoms with Gasteiger partial charge in [0.05, 0.1) is 0 Å². The molecule has 1 saturated carbocycles. The highest BCUT2D eigenvalue weighted by Gasteiger charge is 2.27. The molecule has 1 aliphatic carbocycles. The van der Waals surface area contributed by atoms with Gasteiger partial charge in [-0.15, -0.1) is 0 Å². The summed E-state index contributed by atoms with van der Waals surface area (Å²) in [6.45, 7) is 0. The second-order valence-electron chi connectivity index (χ2n) is 4.49. The van der Waals surface area contributed by atoms with Crippen molar-refractivity contribution in [3.05, 3.63) is 58.9 Å². The van der Waals surface area contributed by atoms with Crippen LogP contribution in [0, 0.1) is 5.82 Å². The van der Waals surface area contributed by atoms with Crippen LogP contribution >= 0.6 is 11.6 Å². The van der Waals surface area contributed by atoms with Gasteiger partial charge >= 0.3 is 0 Å². The van der Waals surface area contributed by atoms with Crippen molar-refractivity contribution in [3.63, 3.8) is 0 Å².